The van der Waals surface area contributed by atoms with Crippen LogP contribution in [0.15, 0.2) is 30.3 Å². The summed E-state index contributed by atoms with van der Waals surface area (Å²) >= 11 is 0. The monoisotopic (exact) mass is 214 g/mol. The lowest BCUT2D eigenvalue weighted by Gasteiger charge is -2.13. The molecule has 1 amide bonds. The van der Waals surface area contributed by atoms with E-state index in [4.69, 9.17) is 17.0 Å². The van der Waals surface area contributed by atoms with E-state index in [1.54, 1.807) is 30.3 Å². The van der Waals surface area contributed by atoms with Gasteiger partial charge in [-0.25, -0.2) is 10.9 Å². The molecule has 6 heteroatoms. The number of amides is 1. The number of hydrazine groups is 1. The fraction of sp³-hybridized carbons (Fsp3) is 0. The molecule has 0 saturated heterocycles. The number of carbonyl (C=O) groups is 1. The van der Waals surface area contributed by atoms with E-state index in [1.165, 1.54) is 0 Å². The highest BCUT2D eigenvalue weighted by atomic mass is 35.5. The molecule has 0 aliphatic carbocycles. The molecule has 1 aromatic rings. The number of halogens is 1. The number of benzene rings is 1. The molecule has 0 heterocycles. The zero-order valence-electron chi connectivity index (χ0n) is 7.31. The van der Waals surface area contributed by atoms with E-state index >= 15 is 0 Å². The summed E-state index contributed by atoms with van der Waals surface area (Å²) in [5.41, 5.74) is 5.44. The molecule has 5 nitrogen and oxygen atoms in total. The summed E-state index contributed by atoms with van der Waals surface area (Å²) < 4.78 is 0. The number of carbonyl (C=O) groups excluding carboxylic acids is 1. The van der Waals surface area contributed by atoms with Crippen molar-refractivity contribution in [2.45, 2.75) is 0 Å². The van der Waals surface area contributed by atoms with Crippen LogP contribution >= 0.6 is 12.4 Å². The van der Waals surface area contributed by atoms with Crippen LogP contribution in [0.3, 0.4) is 0 Å². The molecule has 0 fully saturated rings. The Balaban J connectivity index is 0.00000169. The molecule has 1 aromatic carbocycles. The smallest absolute Gasteiger partial charge is 0.274 e. The summed E-state index contributed by atoms with van der Waals surface area (Å²) in [5.74, 6) is 4.26. The zero-order valence-corrected chi connectivity index (χ0v) is 8.12. The van der Waals surface area contributed by atoms with E-state index in [0.29, 0.717) is 10.6 Å². The van der Waals surface area contributed by atoms with Gasteiger partial charge in [-0.1, -0.05) is 18.2 Å². The van der Waals surface area contributed by atoms with Gasteiger partial charge in [0.05, 0.1) is 0 Å². The number of nitrogens with one attached hydrogen (secondary N) is 1. The van der Waals surface area contributed by atoms with Crippen LogP contribution in [0.5, 0.6) is 0 Å². The number of rotatable bonds is 1. The van der Waals surface area contributed by atoms with Crippen molar-refractivity contribution in [3.8, 4) is 0 Å². The standard InChI is InChI=1S/C8H10N4O.ClH/c9-8(10)12(11)7(13)6-4-2-1-3-5-6;/h1-5H,11H2,(H3,9,10);1H. The predicted octanol–water partition coefficient (Wildman–Crippen LogP) is 0.318. The molecule has 0 aliphatic heterocycles. The fourth-order valence-electron chi connectivity index (χ4n) is 0.829. The second-order valence-electron chi connectivity index (χ2n) is 2.43. The Kier molecular flexibility index (Phi) is 4.62. The van der Waals surface area contributed by atoms with E-state index in [-0.39, 0.29) is 12.4 Å². The maximum Gasteiger partial charge on any atom is 0.274 e. The van der Waals surface area contributed by atoms with Crippen LogP contribution < -0.4 is 11.6 Å². The maximum atomic E-state index is 11.4. The maximum absolute atomic E-state index is 11.4. The lowest BCUT2D eigenvalue weighted by molar-refractivity contribution is 0.0845. The van der Waals surface area contributed by atoms with E-state index < -0.39 is 11.9 Å². The molecule has 0 atom stereocenters. The highest BCUT2D eigenvalue weighted by Gasteiger charge is 2.13. The summed E-state index contributed by atoms with van der Waals surface area (Å²) in [7, 11) is 0. The molecule has 0 radical (unpaired) electrons. The van der Waals surface area contributed by atoms with Crippen molar-refractivity contribution in [2.75, 3.05) is 0 Å². The third kappa shape index (κ3) is 2.72. The molecule has 0 unspecified atom stereocenters. The van der Waals surface area contributed by atoms with Gasteiger partial charge in [0.15, 0.2) is 0 Å². The van der Waals surface area contributed by atoms with Crippen molar-refractivity contribution in [2.24, 2.45) is 11.6 Å². The number of nitrogens with zero attached hydrogens (tertiary/aromatic N) is 1. The minimum atomic E-state index is -0.493. The van der Waals surface area contributed by atoms with E-state index in [9.17, 15) is 4.79 Å². The summed E-state index contributed by atoms with van der Waals surface area (Å²) in [6.07, 6.45) is 0. The van der Waals surface area contributed by atoms with Gasteiger partial charge in [0.1, 0.15) is 0 Å². The molecule has 76 valence electrons. The van der Waals surface area contributed by atoms with E-state index in [2.05, 4.69) is 0 Å². The largest absolute Gasteiger partial charge is 0.369 e. The number of nitrogens with two attached hydrogens (primary N) is 2. The molecule has 0 aromatic heterocycles. The minimum absolute atomic E-state index is 0. The highest BCUT2D eigenvalue weighted by molar-refractivity contribution is 6.03. The van der Waals surface area contributed by atoms with Crippen molar-refractivity contribution < 1.29 is 4.79 Å². The minimum Gasteiger partial charge on any atom is -0.369 e. The van der Waals surface area contributed by atoms with Gasteiger partial charge in [-0.15, -0.1) is 12.4 Å². The Morgan fingerprint density at radius 3 is 2.21 bits per heavy atom. The summed E-state index contributed by atoms with van der Waals surface area (Å²) in [6.45, 7) is 0. The Morgan fingerprint density at radius 2 is 1.79 bits per heavy atom. The van der Waals surface area contributed by atoms with Gasteiger partial charge in [0.2, 0.25) is 5.96 Å². The van der Waals surface area contributed by atoms with Gasteiger partial charge >= 0.3 is 0 Å². The van der Waals surface area contributed by atoms with Gasteiger partial charge in [-0.3, -0.25) is 10.2 Å². The Morgan fingerprint density at radius 1 is 1.29 bits per heavy atom. The van der Waals surface area contributed by atoms with E-state index in [1.807, 2.05) is 0 Å². The Bertz CT molecular complexity index is 327. The number of hydrogen-bond acceptors (Lipinski definition) is 3. The second-order valence-corrected chi connectivity index (χ2v) is 2.43. The molecular formula is C8H11ClN4O. The van der Waals surface area contributed by atoms with Crippen molar-refractivity contribution >= 4 is 24.3 Å². The molecule has 0 aliphatic rings. The van der Waals surface area contributed by atoms with Gasteiger partial charge in [0, 0.05) is 5.56 Å². The highest BCUT2D eigenvalue weighted by Crippen LogP contribution is 2.00. The molecule has 0 saturated carbocycles. The third-order valence-corrected chi connectivity index (χ3v) is 1.50. The molecule has 14 heavy (non-hydrogen) atoms. The molecule has 0 bridgehead atoms. The fourth-order valence-corrected chi connectivity index (χ4v) is 0.829. The van der Waals surface area contributed by atoms with Crippen molar-refractivity contribution in [1.82, 2.24) is 5.01 Å². The first kappa shape index (κ1) is 12.4. The van der Waals surface area contributed by atoms with Gasteiger partial charge in [0.25, 0.3) is 5.91 Å². The summed E-state index contributed by atoms with van der Waals surface area (Å²) in [4.78, 5) is 11.4. The second kappa shape index (κ2) is 5.21. The zero-order chi connectivity index (χ0) is 9.84. The predicted molar refractivity (Wildman–Crippen MR) is 56.0 cm³/mol. The van der Waals surface area contributed by atoms with Crippen LogP contribution in [0.2, 0.25) is 0 Å². The average Bonchev–Trinajstić information content (AvgIpc) is 2.17. The lowest BCUT2D eigenvalue weighted by Crippen LogP contribution is -2.46. The van der Waals surface area contributed by atoms with Crippen molar-refractivity contribution in [1.29, 1.82) is 5.41 Å². The first-order valence-electron chi connectivity index (χ1n) is 3.61. The van der Waals surface area contributed by atoms with Gasteiger partial charge < -0.3 is 5.73 Å². The Labute approximate surface area is 87.6 Å². The van der Waals surface area contributed by atoms with Crippen LogP contribution in [0, 0.1) is 5.41 Å². The van der Waals surface area contributed by atoms with Crippen LogP contribution in [-0.4, -0.2) is 16.9 Å². The van der Waals surface area contributed by atoms with Crippen molar-refractivity contribution in [3.63, 3.8) is 0 Å². The van der Waals surface area contributed by atoms with Crippen LogP contribution in [0.25, 0.3) is 0 Å². The van der Waals surface area contributed by atoms with Crippen LogP contribution in [-0.2, 0) is 0 Å². The first-order valence-corrected chi connectivity index (χ1v) is 3.61. The lowest BCUT2D eigenvalue weighted by atomic mass is 10.2. The van der Waals surface area contributed by atoms with Gasteiger partial charge in [-0.2, -0.15) is 0 Å². The molecule has 5 N–H and O–H groups in total. The van der Waals surface area contributed by atoms with Crippen molar-refractivity contribution in [3.05, 3.63) is 35.9 Å². The third-order valence-electron chi connectivity index (χ3n) is 1.50. The molecule has 1 rings (SSSR count). The average molecular weight is 215 g/mol. The number of guanidine groups is 1. The van der Waals surface area contributed by atoms with Crippen LogP contribution in [0.1, 0.15) is 10.4 Å². The normalized spacial score (nSPS) is 8.64. The molecule has 0 spiro atoms. The first-order chi connectivity index (χ1) is 6.13. The quantitative estimate of drug-likeness (QED) is 0.207. The van der Waals surface area contributed by atoms with E-state index in [0.717, 1.165) is 0 Å². The number of hydrogen-bond donors (Lipinski definition) is 3. The summed E-state index contributed by atoms with van der Waals surface area (Å²) in [5, 5.41) is 7.53. The molecular weight excluding hydrogens is 204 g/mol. The summed E-state index contributed by atoms with van der Waals surface area (Å²) in [6, 6.07) is 8.41. The van der Waals surface area contributed by atoms with Crippen LogP contribution in [0.4, 0.5) is 0 Å². The SMILES string of the molecule is Cl.N=C(N)N(N)C(=O)c1ccccc1. The topological polar surface area (TPSA) is 96.2 Å². The Hall–Kier alpha value is -1.59. The van der Waals surface area contributed by atoms with Gasteiger partial charge in [-0.05, 0) is 12.1 Å².